The minimum Gasteiger partial charge on any atom is -0.478 e. The number of nitrogens with one attached hydrogen (secondary N) is 2. The van der Waals surface area contributed by atoms with E-state index in [9.17, 15) is 14.4 Å². The summed E-state index contributed by atoms with van der Waals surface area (Å²) in [4.78, 5) is 33.6. The fraction of sp³-hybridized carbons (Fsp3) is 0.357. The second kappa shape index (κ2) is 7.93. The van der Waals surface area contributed by atoms with Gasteiger partial charge in [-0.2, -0.15) is 0 Å². The van der Waals surface area contributed by atoms with Crippen molar-refractivity contribution in [2.45, 2.75) is 26.2 Å². The highest BCUT2D eigenvalue weighted by atomic mass is 16.4. The average Bonchev–Trinajstić information content (AvgIpc) is 2.43. The second-order valence-corrected chi connectivity index (χ2v) is 4.28. The zero-order valence-electron chi connectivity index (χ0n) is 11.3. The fourth-order valence-corrected chi connectivity index (χ4v) is 1.50. The number of aromatic carboxylic acids is 1. The number of carboxylic acids is 1. The van der Waals surface area contributed by atoms with E-state index in [0.717, 1.165) is 6.42 Å². The molecule has 0 fully saturated rings. The van der Waals surface area contributed by atoms with Gasteiger partial charge < -0.3 is 15.7 Å². The summed E-state index contributed by atoms with van der Waals surface area (Å²) >= 11 is 0. The molecule has 0 aromatic heterocycles. The Bertz CT molecular complexity index is 482. The van der Waals surface area contributed by atoms with Crippen molar-refractivity contribution in [2.75, 3.05) is 11.9 Å². The van der Waals surface area contributed by atoms with Gasteiger partial charge in [0.1, 0.15) is 0 Å². The SMILES string of the molecule is CCCNC(=O)CCC(=O)Nc1ccc(C(=O)O)cc1. The number of amides is 2. The van der Waals surface area contributed by atoms with E-state index in [2.05, 4.69) is 10.6 Å². The molecular weight excluding hydrogens is 260 g/mol. The third-order valence-electron chi connectivity index (χ3n) is 2.57. The first-order valence-electron chi connectivity index (χ1n) is 6.43. The van der Waals surface area contributed by atoms with Gasteiger partial charge in [-0.3, -0.25) is 9.59 Å². The Kier molecular flexibility index (Phi) is 6.22. The molecule has 1 rings (SSSR count). The van der Waals surface area contributed by atoms with Crippen LogP contribution in [0.5, 0.6) is 0 Å². The number of hydrogen-bond acceptors (Lipinski definition) is 3. The van der Waals surface area contributed by atoms with Crippen LogP contribution in [0.15, 0.2) is 24.3 Å². The lowest BCUT2D eigenvalue weighted by atomic mass is 10.2. The molecule has 0 unspecified atom stereocenters. The number of carbonyl (C=O) groups excluding carboxylic acids is 2. The van der Waals surface area contributed by atoms with Crippen LogP contribution in [0.2, 0.25) is 0 Å². The smallest absolute Gasteiger partial charge is 0.335 e. The van der Waals surface area contributed by atoms with Crippen LogP contribution in [0, 0.1) is 0 Å². The Labute approximate surface area is 117 Å². The quantitative estimate of drug-likeness (QED) is 0.706. The summed E-state index contributed by atoms with van der Waals surface area (Å²) in [6, 6.07) is 5.84. The van der Waals surface area contributed by atoms with Gasteiger partial charge in [-0.25, -0.2) is 4.79 Å². The number of anilines is 1. The molecule has 3 N–H and O–H groups in total. The number of benzene rings is 1. The van der Waals surface area contributed by atoms with Crippen molar-refractivity contribution in [1.29, 1.82) is 0 Å². The topological polar surface area (TPSA) is 95.5 Å². The summed E-state index contributed by atoms with van der Waals surface area (Å²) in [7, 11) is 0. The third kappa shape index (κ3) is 5.51. The van der Waals surface area contributed by atoms with Crippen molar-refractivity contribution in [2.24, 2.45) is 0 Å². The maximum absolute atomic E-state index is 11.6. The van der Waals surface area contributed by atoms with Gasteiger partial charge in [-0.1, -0.05) is 6.92 Å². The first-order chi connectivity index (χ1) is 9.52. The van der Waals surface area contributed by atoms with E-state index in [0.29, 0.717) is 12.2 Å². The van der Waals surface area contributed by atoms with Crippen LogP contribution in [-0.2, 0) is 9.59 Å². The Morgan fingerprint density at radius 1 is 1.05 bits per heavy atom. The van der Waals surface area contributed by atoms with Gasteiger partial charge in [-0.15, -0.1) is 0 Å². The molecule has 0 aliphatic carbocycles. The lowest BCUT2D eigenvalue weighted by Gasteiger charge is -2.06. The summed E-state index contributed by atoms with van der Waals surface area (Å²) in [6.07, 6.45) is 1.09. The van der Waals surface area contributed by atoms with Crippen LogP contribution in [0.1, 0.15) is 36.5 Å². The minimum atomic E-state index is -1.02. The molecule has 6 heteroatoms. The van der Waals surface area contributed by atoms with Crippen molar-refractivity contribution in [3.8, 4) is 0 Å². The molecular formula is C14H18N2O4. The molecule has 6 nitrogen and oxygen atoms in total. The molecule has 0 radical (unpaired) electrons. The zero-order valence-corrected chi connectivity index (χ0v) is 11.3. The molecule has 1 aromatic carbocycles. The van der Waals surface area contributed by atoms with Crippen molar-refractivity contribution in [3.63, 3.8) is 0 Å². The highest BCUT2D eigenvalue weighted by Gasteiger charge is 2.07. The molecule has 0 spiro atoms. The number of rotatable bonds is 7. The maximum Gasteiger partial charge on any atom is 0.335 e. The molecule has 0 heterocycles. The molecule has 0 aliphatic rings. The lowest BCUT2D eigenvalue weighted by molar-refractivity contribution is -0.124. The lowest BCUT2D eigenvalue weighted by Crippen LogP contribution is -2.25. The second-order valence-electron chi connectivity index (χ2n) is 4.28. The summed E-state index contributed by atoms with van der Waals surface area (Å²) in [5, 5.41) is 14.0. The molecule has 0 saturated carbocycles. The predicted molar refractivity (Wildman–Crippen MR) is 74.6 cm³/mol. The van der Waals surface area contributed by atoms with Crippen LogP contribution in [0.3, 0.4) is 0 Å². The Balaban J connectivity index is 2.38. The summed E-state index contributed by atoms with van der Waals surface area (Å²) in [5.74, 6) is -1.45. The standard InChI is InChI=1S/C14H18N2O4/c1-2-9-15-12(17)7-8-13(18)16-11-5-3-10(4-6-11)14(19)20/h3-6H,2,7-9H2,1H3,(H,15,17)(H,16,18)(H,19,20). The molecule has 0 aliphatic heterocycles. The first kappa shape index (κ1) is 15.7. The van der Waals surface area contributed by atoms with Crippen LogP contribution < -0.4 is 10.6 Å². The van der Waals surface area contributed by atoms with Crippen LogP contribution in [-0.4, -0.2) is 29.4 Å². The van der Waals surface area contributed by atoms with Crippen molar-refractivity contribution in [3.05, 3.63) is 29.8 Å². The normalized spacial score (nSPS) is 9.85. The molecule has 20 heavy (non-hydrogen) atoms. The molecule has 2 amide bonds. The molecule has 0 atom stereocenters. The minimum absolute atomic E-state index is 0.0935. The zero-order chi connectivity index (χ0) is 15.0. The van der Waals surface area contributed by atoms with Crippen molar-refractivity contribution >= 4 is 23.5 Å². The van der Waals surface area contributed by atoms with E-state index in [-0.39, 0.29) is 30.2 Å². The molecule has 0 saturated heterocycles. The van der Waals surface area contributed by atoms with Crippen LogP contribution in [0.25, 0.3) is 0 Å². The van der Waals surface area contributed by atoms with Gasteiger partial charge >= 0.3 is 5.97 Å². The van der Waals surface area contributed by atoms with E-state index in [1.807, 2.05) is 6.92 Å². The monoisotopic (exact) mass is 278 g/mol. The van der Waals surface area contributed by atoms with Gasteiger partial charge in [0.15, 0.2) is 0 Å². The van der Waals surface area contributed by atoms with Gasteiger partial charge in [0, 0.05) is 25.1 Å². The first-order valence-corrected chi connectivity index (χ1v) is 6.43. The van der Waals surface area contributed by atoms with Crippen LogP contribution in [0.4, 0.5) is 5.69 Å². The van der Waals surface area contributed by atoms with Crippen LogP contribution >= 0.6 is 0 Å². The highest BCUT2D eigenvalue weighted by Crippen LogP contribution is 2.10. The van der Waals surface area contributed by atoms with Crippen molar-refractivity contribution in [1.82, 2.24) is 5.32 Å². The van der Waals surface area contributed by atoms with Gasteiger partial charge in [0.25, 0.3) is 0 Å². The largest absolute Gasteiger partial charge is 0.478 e. The van der Waals surface area contributed by atoms with E-state index in [1.165, 1.54) is 24.3 Å². The van der Waals surface area contributed by atoms with Gasteiger partial charge in [-0.05, 0) is 30.7 Å². The molecule has 108 valence electrons. The van der Waals surface area contributed by atoms with E-state index < -0.39 is 5.97 Å². The van der Waals surface area contributed by atoms with Gasteiger partial charge in [0.05, 0.1) is 5.56 Å². The van der Waals surface area contributed by atoms with Crippen molar-refractivity contribution < 1.29 is 19.5 Å². The maximum atomic E-state index is 11.6. The highest BCUT2D eigenvalue weighted by molar-refractivity contribution is 5.94. The summed E-state index contributed by atoms with van der Waals surface area (Å²) < 4.78 is 0. The van der Waals surface area contributed by atoms with E-state index in [4.69, 9.17) is 5.11 Å². The Morgan fingerprint density at radius 3 is 2.20 bits per heavy atom. The number of carbonyl (C=O) groups is 3. The van der Waals surface area contributed by atoms with Gasteiger partial charge in [0.2, 0.25) is 11.8 Å². The van der Waals surface area contributed by atoms with E-state index in [1.54, 1.807) is 0 Å². The average molecular weight is 278 g/mol. The Hall–Kier alpha value is -2.37. The number of carboxylic acid groups (broad SMARTS) is 1. The third-order valence-corrected chi connectivity index (χ3v) is 2.57. The fourth-order valence-electron chi connectivity index (χ4n) is 1.50. The Morgan fingerprint density at radius 2 is 1.65 bits per heavy atom. The molecule has 1 aromatic rings. The summed E-state index contributed by atoms with van der Waals surface area (Å²) in [5.41, 5.74) is 0.663. The number of hydrogen-bond donors (Lipinski definition) is 3. The molecule has 0 bridgehead atoms. The summed E-state index contributed by atoms with van der Waals surface area (Å²) in [6.45, 7) is 2.56. The predicted octanol–water partition coefficient (Wildman–Crippen LogP) is 1.63. The van der Waals surface area contributed by atoms with E-state index >= 15 is 0 Å².